The highest BCUT2D eigenvalue weighted by Crippen LogP contribution is 2.19. The predicted molar refractivity (Wildman–Crippen MR) is 68.5 cm³/mol. The molecule has 0 heterocycles. The SMILES string of the molecule is CCOCCN(C)S(=O)(=O)C(C)CNC1CC1. The molecule has 6 heteroatoms. The smallest absolute Gasteiger partial charge is 0.217 e. The highest BCUT2D eigenvalue weighted by atomic mass is 32.2. The minimum atomic E-state index is -3.20. The van der Waals surface area contributed by atoms with E-state index in [2.05, 4.69) is 5.32 Å². The van der Waals surface area contributed by atoms with Gasteiger partial charge in [-0.2, -0.15) is 0 Å². The van der Waals surface area contributed by atoms with Crippen LogP contribution in [0, 0.1) is 0 Å². The van der Waals surface area contributed by atoms with Crippen molar-refractivity contribution in [1.82, 2.24) is 9.62 Å². The Hall–Kier alpha value is -0.170. The van der Waals surface area contributed by atoms with Crippen LogP contribution >= 0.6 is 0 Å². The average Bonchev–Trinajstić information content (AvgIpc) is 3.09. The Kier molecular flexibility index (Phi) is 5.85. The van der Waals surface area contributed by atoms with Gasteiger partial charge in [-0.3, -0.25) is 0 Å². The first kappa shape index (κ1) is 14.9. The number of hydrogen-bond donors (Lipinski definition) is 1. The Labute approximate surface area is 105 Å². The second-order valence-corrected chi connectivity index (χ2v) is 7.01. The monoisotopic (exact) mass is 264 g/mol. The zero-order chi connectivity index (χ0) is 12.9. The summed E-state index contributed by atoms with van der Waals surface area (Å²) in [6.07, 6.45) is 2.35. The van der Waals surface area contributed by atoms with Crippen LogP contribution in [-0.4, -0.2) is 57.4 Å². The van der Waals surface area contributed by atoms with Crippen LogP contribution in [0.3, 0.4) is 0 Å². The van der Waals surface area contributed by atoms with Gasteiger partial charge in [-0.1, -0.05) is 0 Å². The second kappa shape index (κ2) is 6.68. The summed E-state index contributed by atoms with van der Waals surface area (Å²) < 4.78 is 30.7. The maximum Gasteiger partial charge on any atom is 0.217 e. The van der Waals surface area contributed by atoms with Gasteiger partial charge in [0.15, 0.2) is 0 Å². The van der Waals surface area contributed by atoms with E-state index in [0.29, 0.717) is 32.3 Å². The number of likely N-dealkylation sites (N-methyl/N-ethyl adjacent to an activating group) is 1. The van der Waals surface area contributed by atoms with Crippen LogP contribution in [0.15, 0.2) is 0 Å². The van der Waals surface area contributed by atoms with Gasteiger partial charge >= 0.3 is 0 Å². The van der Waals surface area contributed by atoms with Crippen LogP contribution in [0.2, 0.25) is 0 Å². The number of sulfonamides is 1. The van der Waals surface area contributed by atoms with E-state index in [0.717, 1.165) is 0 Å². The van der Waals surface area contributed by atoms with Crippen molar-refractivity contribution in [2.24, 2.45) is 0 Å². The molecule has 0 aliphatic heterocycles. The molecule has 102 valence electrons. The van der Waals surface area contributed by atoms with Gasteiger partial charge in [0.1, 0.15) is 0 Å². The molecule has 17 heavy (non-hydrogen) atoms. The first-order valence-electron chi connectivity index (χ1n) is 6.24. The molecule has 5 nitrogen and oxygen atoms in total. The molecule has 1 unspecified atom stereocenters. The third-order valence-electron chi connectivity index (χ3n) is 2.97. The third kappa shape index (κ3) is 4.91. The highest BCUT2D eigenvalue weighted by molar-refractivity contribution is 7.89. The van der Waals surface area contributed by atoms with Crippen molar-refractivity contribution in [1.29, 1.82) is 0 Å². The molecule has 0 amide bonds. The molecule has 0 spiro atoms. The molecule has 1 fully saturated rings. The maximum atomic E-state index is 12.1. The molecule has 0 aromatic carbocycles. The molecule has 1 saturated carbocycles. The van der Waals surface area contributed by atoms with Crippen LogP contribution in [0.4, 0.5) is 0 Å². The first-order valence-corrected chi connectivity index (χ1v) is 7.75. The Balaban J connectivity index is 2.34. The number of nitrogens with zero attached hydrogens (tertiary/aromatic N) is 1. The molecule has 1 rings (SSSR count). The third-order valence-corrected chi connectivity index (χ3v) is 5.20. The molecule has 0 aromatic heterocycles. The quantitative estimate of drug-likeness (QED) is 0.613. The molecule has 0 aromatic rings. The van der Waals surface area contributed by atoms with Crippen molar-refractivity contribution in [3.63, 3.8) is 0 Å². The van der Waals surface area contributed by atoms with Gasteiger partial charge in [-0.05, 0) is 26.7 Å². The molecule has 0 radical (unpaired) electrons. The average molecular weight is 264 g/mol. The topological polar surface area (TPSA) is 58.6 Å². The summed E-state index contributed by atoms with van der Waals surface area (Å²) in [5.74, 6) is 0. The summed E-state index contributed by atoms with van der Waals surface area (Å²) in [5, 5.41) is 2.87. The lowest BCUT2D eigenvalue weighted by Gasteiger charge is -2.22. The van der Waals surface area contributed by atoms with Gasteiger partial charge in [-0.25, -0.2) is 12.7 Å². The summed E-state index contributed by atoms with van der Waals surface area (Å²) >= 11 is 0. The largest absolute Gasteiger partial charge is 0.380 e. The van der Waals surface area contributed by atoms with Gasteiger partial charge in [0.2, 0.25) is 10.0 Å². The lowest BCUT2D eigenvalue weighted by Crippen LogP contribution is -2.41. The molecular formula is C11H24N2O3S. The summed E-state index contributed by atoms with van der Waals surface area (Å²) in [6, 6.07) is 0.543. The Morgan fingerprint density at radius 2 is 2.12 bits per heavy atom. The lowest BCUT2D eigenvalue weighted by atomic mass is 10.4. The number of nitrogens with one attached hydrogen (secondary N) is 1. The zero-order valence-electron chi connectivity index (χ0n) is 11.0. The number of rotatable bonds is 9. The molecule has 1 N–H and O–H groups in total. The highest BCUT2D eigenvalue weighted by Gasteiger charge is 2.28. The van der Waals surface area contributed by atoms with Crippen LogP contribution in [-0.2, 0) is 14.8 Å². The Morgan fingerprint density at radius 3 is 2.65 bits per heavy atom. The Bertz CT molecular complexity index is 315. The number of ether oxygens (including phenoxy) is 1. The van der Waals surface area contributed by atoms with E-state index in [1.165, 1.54) is 17.1 Å². The molecule has 0 bridgehead atoms. The molecule has 0 saturated heterocycles. The van der Waals surface area contributed by atoms with Crippen molar-refractivity contribution >= 4 is 10.0 Å². The van der Waals surface area contributed by atoms with Crippen molar-refractivity contribution in [2.45, 2.75) is 38.0 Å². The first-order chi connectivity index (χ1) is 7.98. The van der Waals surface area contributed by atoms with Crippen LogP contribution in [0.25, 0.3) is 0 Å². The number of hydrogen-bond acceptors (Lipinski definition) is 4. The minimum Gasteiger partial charge on any atom is -0.380 e. The van der Waals surface area contributed by atoms with E-state index in [4.69, 9.17) is 4.74 Å². The van der Waals surface area contributed by atoms with E-state index in [1.807, 2.05) is 6.92 Å². The van der Waals surface area contributed by atoms with Gasteiger partial charge in [0.25, 0.3) is 0 Å². The van der Waals surface area contributed by atoms with E-state index < -0.39 is 10.0 Å². The fourth-order valence-electron chi connectivity index (χ4n) is 1.50. The minimum absolute atomic E-state index is 0.380. The Morgan fingerprint density at radius 1 is 1.47 bits per heavy atom. The van der Waals surface area contributed by atoms with E-state index in [9.17, 15) is 8.42 Å². The molecule has 1 aliphatic carbocycles. The molecule has 1 atom stereocenters. The van der Waals surface area contributed by atoms with Crippen molar-refractivity contribution < 1.29 is 13.2 Å². The summed E-state index contributed by atoms with van der Waals surface area (Å²) in [4.78, 5) is 0. The van der Waals surface area contributed by atoms with Gasteiger partial charge < -0.3 is 10.1 Å². The zero-order valence-corrected chi connectivity index (χ0v) is 11.8. The van der Waals surface area contributed by atoms with E-state index in [1.54, 1.807) is 14.0 Å². The standard InChI is InChI=1S/C11H24N2O3S/c1-4-16-8-7-13(3)17(14,15)10(2)9-12-11-5-6-11/h10-12H,4-9H2,1-3H3. The normalized spacial score (nSPS) is 18.6. The van der Waals surface area contributed by atoms with Gasteiger partial charge in [-0.15, -0.1) is 0 Å². The van der Waals surface area contributed by atoms with Crippen molar-refractivity contribution in [3.8, 4) is 0 Å². The fraction of sp³-hybridized carbons (Fsp3) is 1.00. The maximum absolute atomic E-state index is 12.1. The van der Waals surface area contributed by atoms with Crippen molar-refractivity contribution in [3.05, 3.63) is 0 Å². The summed E-state index contributed by atoms with van der Waals surface area (Å²) in [6.45, 7) is 5.68. The molecule has 1 aliphatic rings. The molecular weight excluding hydrogens is 240 g/mol. The van der Waals surface area contributed by atoms with Crippen LogP contribution in [0.1, 0.15) is 26.7 Å². The van der Waals surface area contributed by atoms with Gasteiger partial charge in [0.05, 0.1) is 11.9 Å². The summed E-state index contributed by atoms with van der Waals surface area (Å²) in [7, 11) is -1.58. The predicted octanol–water partition coefficient (Wildman–Crippen LogP) is 0.425. The second-order valence-electron chi connectivity index (χ2n) is 4.56. The van der Waals surface area contributed by atoms with E-state index >= 15 is 0 Å². The lowest BCUT2D eigenvalue weighted by molar-refractivity contribution is 0.138. The van der Waals surface area contributed by atoms with Crippen LogP contribution in [0.5, 0.6) is 0 Å². The van der Waals surface area contributed by atoms with Gasteiger partial charge in [0, 0.05) is 32.8 Å². The van der Waals surface area contributed by atoms with Crippen molar-refractivity contribution in [2.75, 3.05) is 33.4 Å². The fourth-order valence-corrected chi connectivity index (χ4v) is 2.75. The summed E-state index contributed by atoms with van der Waals surface area (Å²) in [5.41, 5.74) is 0. The van der Waals surface area contributed by atoms with E-state index in [-0.39, 0.29) is 5.25 Å². The van der Waals surface area contributed by atoms with Crippen LogP contribution < -0.4 is 5.32 Å².